The van der Waals surface area contributed by atoms with Crippen molar-refractivity contribution in [3.63, 3.8) is 0 Å². The zero-order valence-corrected chi connectivity index (χ0v) is 14.1. The highest BCUT2D eigenvalue weighted by atomic mass is 32.2. The van der Waals surface area contributed by atoms with Gasteiger partial charge in [0.05, 0.1) is 0 Å². The average Bonchev–Trinajstić information content (AvgIpc) is 2.97. The summed E-state index contributed by atoms with van der Waals surface area (Å²) in [5.41, 5.74) is -0.0588. The Morgan fingerprint density at radius 2 is 2.13 bits per heavy atom. The monoisotopic (exact) mass is 358 g/mol. The van der Waals surface area contributed by atoms with E-state index in [0.717, 1.165) is 12.1 Å². The van der Waals surface area contributed by atoms with Crippen molar-refractivity contribution in [1.82, 2.24) is 9.71 Å². The number of benzene rings is 1. The lowest BCUT2D eigenvalue weighted by Gasteiger charge is -2.07. The summed E-state index contributed by atoms with van der Waals surface area (Å²) in [4.78, 5) is 15.5. The number of rotatable bonds is 6. The van der Waals surface area contributed by atoms with E-state index in [-0.39, 0.29) is 11.8 Å². The molecule has 2 aromatic rings. The number of sulfonamides is 1. The second-order valence-corrected chi connectivity index (χ2v) is 7.07. The quantitative estimate of drug-likeness (QED) is 0.857. The molecule has 9 heteroatoms. The Labute approximate surface area is 137 Å². The molecule has 0 fully saturated rings. The van der Waals surface area contributed by atoms with E-state index in [9.17, 15) is 17.6 Å². The van der Waals surface area contributed by atoms with Crippen LogP contribution in [0, 0.1) is 5.82 Å². The number of halogens is 1. The maximum Gasteiger partial charge on any atom is 0.284 e. The number of ether oxygens (including phenoxy) is 1. The molecule has 0 saturated carbocycles. The molecule has 0 bridgehead atoms. The molecule has 1 unspecified atom stereocenters. The minimum absolute atomic E-state index is 0.0588. The van der Waals surface area contributed by atoms with Gasteiger partial charge in [-0.05, 0) is 26.0 Å². The van der Waals surface area contributed by atoms with E-state index in [2.05, 4.69) is 4.98 Å². The van der Waals surface area contributed by atoms with E-state index in [0.29, 0.717) is 11.6 Å². The Morgan fingerprint density at radius 1 is 1.43 bits per heavy atom. The molecular formula is C14H15FN2O4S2. The highest BCUT2D eigenvalue weighted by Gasteiger charge is 2.24. The van der Waals surface area contributed by atoms with Crippen molar-refractivity contribution in [3.05, 3.63) is 46.2 Å². The minimum atomic E-state index is -4.30. The van der Waals surface area contributed by atoms with Gasteiger partial charge < -0.3 is 4.74 Å². The molecular weight excluding hydrogens is 343 g/mol. The number of nitrogens with zero attached hydrogens (tertiary/aromatic N) is 1. The molecule has 1 atom stereocenters. The molecule has 1 amide bonds. The molecule has 2 rings (SSSR count). The van der Waals surface area contributed by atoms with Crippen LogP contribution in [0.1, 0.15) is 35.4 Å². The van der Waals surface area contributed by atoms with Crippen molar-refractivity contribution < 1.29 is 22.3 Å². The predicted octanol–water partition coefficient (Wildman–Crippen LogP) is 2.50. The van der Waals surface area contributed by atoms with Gasteiger partial charge in [-0.25, -0.2) is 22.5 Å². The molecule has 23 heavy (non-hydrogen) atoms. The van der Waals surface area contributed by atoms with Crippen LogP contribution in [0.15, 0.2) is 34.5 Å². The summed E-state index contributed by atoms with van der Waals surface area (Å²) in [5, 5.41) is 1.98. The fourth-order valence-corrected chi connectivity index (χ4v) is 3.64. The van der Waals surface area contributed by atoms with Crippen LogP contribution >= 0.6 is 11.3 Å². The van der Waals surface area contributed by atoms with Gasteiger partial charge in [0.25, 0.3) is 15.9 Å². The van der Waals surface area contributed by atoms with Gasteiger partial charge in [-0.3, -0.25) is 4.79 Å². The third-order valence-corrected chi connectivity index (χ3v) is 5.24. The van der Waals surface area contributed by atoms with E-state index >= 15 is 0 Å². The first-order chi connectivity index (χ1) is 10.8. The van der Waals surface area contributed by atoms with E-state index in [1.54, 1.807) is 6.92 Å². The van der Waals surface area contributed by atoms with Crippen molar-refractivity contribution in [2.24, 2.45) is 0 Å². The Morgan fingerprint density at radius 3 is 2.78 bits per heavy atom. The molecule has 1 aromatic carbocycles. The summed E-state index contributed by atoms with van der Waals surface area (Å²) in [5.74, 6) is -1.85. The molecule has 0 spiro atoms. The molecule has 0 saturated heterocycles. The first-order valence-corrected chi connectivity index (χ1v) is 9.10. The standard InChI is InChI=1S/C14H15FN2O4S2/c1-3-21-9(2)14-16-11(8-22-14)13(18)17-23(19,20)12-7-5-4-6-10(12)15/h4-9H,3H2,1-2H3,(H,17,18). The van der Waals surface area contributed by atoms with Gasteiger partial charge in [-0.2, -0.15) is 0 Å². The average molecular weight is 358 g/mol. The maximum absolute atomic E-state index is 13.6. The largest absolute Gasteiger partial charge is 0.372 e. The molecule has 0 aliphatic carbocycles. The second-order valence-electron chi connectivity index (χ2n) is 4.53. The summed E-state index contributed by atoms with van der Waals surface area (Å²) in [7, 11) is -4.30. The summed E-state index contributed by atoms with van der Waals surface area (Å²) >= 11 is 1.19. The van der Waals surface area contributed by atoms with Crippen LogP contribution in [0.4, 0.5) is 4.39 Å². The van der Waals surface area contributed by atoms with Crippen molar-refractivity contribution in [2.45, 2.75) is 24.8 Å². The summed E-state index contributed by atoms with van der Waals surface area (Å²) in [6.45, 7) is 4.10. The zero-order valence-electron chi connectivity index (χ0n) is 12.4. The van der Waals surface area contributed by atoms with Crippen LogP contribution in [-0.4, -0.2) is 25.9 Å². The fourth-order valence-electron chi connectivity index (χ4n) is 1.79. The van der Waals surface area contributed by atoms with Crippen LogP contribution < -0.4 is 4.72 Å². The normalized spacial score (nSPS) is 12.8. The Kier molecular flexibility index (Phi) is 5.45. The van der Waals surface area contributed by atoms with E-state index in [1.807, 2.05) is 11.6 Å². The molecule has 124 valence electrons. The highest BCUT2D eigenvalue weighted by molar-refractivity contribution is 7.90. The van der Waals surface area contributed by atoms with Crippen LogP contribution in [-0.2, 0) is 14.8 Å². The first kappa shape index (κ1) is 17.5. The smallest absolute Gasteiger partial charge is 0.284 e. The van der Waals surface area contributed by atoms with Crippen LogP contribution in [0.3, 0.4) is 0 Å². The number of thiazole rings is 1. The van der Waals surface area contributed by atoms with Crippen LogP contribution in [0.25, 0.3) is 0 Å². The van der Waals surface area contributed by atoms with E-state index < -0.39 is 26.6 Å². The minimum Gasteiger partial charge on any atom is -0.372 e. The Bertz CT molecular complexity index is 805. The third-order valence-electron chi connectivity index (χ3n) is 2.87. The fraction of sp³-hybridized carbons (Fsp3) is 0.286. The third kappa shape index (κ3) is 4.12. The van der Waals surface area contributed by atoms with Crippen molar-refractivity contribution in [1.29, 1.82) is 0 Å². The van der Waals surface area contributed by atoms with Crippen molar-refractivity contribution in [2.75, 3.05) is 6.61 Å². The van der Waals surface area contributed by atoms with Crippen LogP contribution in [0.2, 0.25) is 0 Å². The van der Waals surface area contributed by atoms with Gasteiger partial charge in [-0.15, -0.1) is 11.3 Å². The van der Waals surface area contributed by atoms with Crippen molar-refractivity contribution >= 4 is 27.3 Å². The number of aromatic nitrogens is 1. The summed E-state index contributed by atoms with van der Waals surface area (Å²) < 4.78 is 44.9. The summed E-state index contributed by atoms with van der Waals surface area (Å²) in [6, 6.07) is 4.81. The Hall–Kier alpha value is -1.84. The van der Waals surface area contributed by atoms with Crippen molar-refractivity contribution in [3.8, 4) is 0 Å². The number of nitrogens with one attached hydrogen (secondary N) is 1. The molecule has 0 radical (unpaired) electrons. The molecule has 0 aliphatic heterocycles. The van der Waals surface area contributed by atoms with Gasteiger partial charge >= 0.3 is 0 Å². The molecule has 1 N–H and O–H groups in total. The maximum atomic E-state index is 13.6. The van der Waals surface area contributed by atoms with Gasteiger partial charge in [-0.1, -0.05) is 12.1 Å². The zero-order chi connectivity index (χ0) is 17.0. The topological polar surface area (TPSA) is 85.4 Å². The number of hydrogen-bond donors (Lipinski definition) is 1. The SMILES string of the molecule is CCOC(C)c1nc(C(=O)NS(=O)(=O)c2ccccc2F)cs1. The van der Waals surface area contributed by atoms with Gasteiger partial charge in [0, 0.05) is 12.0 Å². The Balaban J connectivity index is 2.18. The molecule has 6 nitrogen and oxygen atoms in total. The molecule has 1 heterocycles. The number of carbonyl (C=O) groups excluding carboxylic acids is 1. The van der Waals surface area contributed by atoms with Crippen LogP contribution in [0.5, 0.6) is 0 Å². The predicted molar refractivity (Wildman–Crippen MR) is 83.2 cm³/mol. The number of amides is 1. The molecule has 0 aliphatic rings. The number of hydrogen-bond acceptors (Lipinski definition) is 6. The second kappa shape index (κ2) is 7.16. The first-order valence-electron chi connectivity index (χ1n) is 6.74. The molecule has 1 aromatic heterocycles. The highest BCUT2D eigenvalue weighted by Crippen LogP contribution is 2.21. The lowest BCUT2D eigenvalue weighted by atomic mass is 10.4. The lowest BCUT2D eigenvalue weighted by molar-refractivity contribution is 0.0760. The van der Waals surface area contributed by atoms with E-state index in [1.165, 1.54) is 28.8 Å². The van der Waals surface area contributed by atoms with Gasteiger partial charge in [0.15, 0.2) is 0 Å². The lowest BCUT2D eigenvalue weighted by Crippen LogP contribution is -2.31. The van der Waals surface area contributed by atoms with E-state index in [4.69, 9.17) is 4.74 Å². The van der Waals surface area contributed by atoms with Gasteiger partial charge in [0.2, 0.25) is 0 Å². The summed E-state index contributed by atoms with van der Waals surface area (Å²) in [6.07, 6.45) is -0.297. The van der Waals surface area contributed by atoms with Gasteiger partial charge in [0.1, 0.15) is 27.5 Å². The number of carbonyl (C=O) groups is 1.